The summed E-state index contributed by atoms with van der Waals surface area (Å²) < 4.78 is 31.7. The summed E-state index contributed by atoms with van der Waals surface area (Å²) in [6, 6.07) is 15.3. The van der Waals surface area contributed by atoms with Crippen molar-refractivity contribution in [1.29, 1.82) is 0 Å². The van der Waals surface area contributed by atoms with Crippen LogP contribution in [0.2, 0.25) is 0 Å². The predicted molar refractivity (Wildman–Crippen MR) is 225 cm³/mol. The minimum Gasteiger partial charge on any atom is -0.506 e. The number of ketones is 1. The van der Waals surface area contributed by atoms with Gasteiger partial charge in [-0.25, -0.2) is 0 Å². The van der Waals surface area contributed by atoms with Gasteiger partial charge in [-0.05, 0) is 89.9 Å². The molecule has 4 aromatic carbocycles. The number of hydrogen-bond acceptors (Lipinski definition) is 11. The van der Waals surface area contributed by atoms with Gasteiger partial charge >= 0.3 is 0 Å². The molecule has 13 nitrogen and oxygen atoms in total. The molecule has 5 aliphatic rings. The number of hydrogen-bond donors (Lipinski definition) is 5. The molecule has 1 aromatic heterocycles. The largest absolute Gasteiger partial charge is 0.506 e. The van der Waals surface area contributed by atoms with Crippen LogP contribution in [0.3, 0.4) is 0 Å². The average molecular weight is 826 g/mol. The van der Waals surface area contributed by atoms with Crippen LogP contribution in [0.25, 0.3) is 27.8 Å². The lowest BCUT2D eigenvalue weighted by Crippen LogP contribution is -2.60. The Morgan fingerprint density at radius 2 is 1.89 bits per heavy atom. The van der Waals surface area contributed by atoms with Crippen LogP contribution in [-0.2, 0) is 33.7 Å². The second-order valence-electron chi connectivity index (χ2n) is 16.6. The van der Waals surface area contributed by atoms with Gasteiger partial charge in [0.2, 0.25) is 6.29 Å². The Kier molecular flexibility index (Phi) is 10.2. The molecular weight excluding hydrogens is 779 g/mol. The average Bonchev–Trinajstić information content (AvgIpc) is 4.01. The van der Waals surface area contributed by atoms with Gasteiger partial charge in [0.15, 0.2) is 18.0 Å². The number of nitrogens with one attached hydrogen (secondary N) is 2. The summed E-state index contributed by atoms with van der Waals surface area (Å²) >= 11 is 0. The number of H-pyrrole nitrogens is 1. The van der Waals surface area contributed by atoms with Crippen LogP contribution >= 0.6 is 0 Å². The Hall–Kier alpha value is -5.88. The molecule has 1 amide bonds. The quantitative estimate of drug-likeness (QED) is 0.137. The Balaban J connectivity index is 1.20. The third-order valence-corrected chi connectivity index (χ3v) is 12.9. The lowest BCUT2D eigenvalue weighted by molar-refractivity contribution is -0.279. The number of methoxy groups -OCH3 is 1. The first-order valence-electron chi connectivity index (χ1n) is 20.9. The molecule has 1 saturated carbocycles. The number of nitrogens with zero attached hydrogens (tertiary/aromatic N) is 1. The Morgan fingerprint density at radius 3 is 2.70 bits per heavy atom. The van der Waals surface area contributed by atoms with Crippen molar-refractivity contribution >= 4 is 39.4 Å². The first-order valence-corrected chi connectivity index (χ1v) is 20.9. The molecular formula is C48H47N3O10. The second kappa shape index (κ2) is 15.9. The topological polar surface area (TPSA) is 172 Å². The van der Waals surface area contributed by atoms with Gasteiger partial charge in [-0.2, -0.15) is 0 Å². The first-order chi connectivity index (χ1) is 29.7. The number of amides is 1. The zero-order valence-corrected chi connectivity index (χ0v) is 33.9. The van der Waals surface area contributed by atoms with Crippen molar-refractivity contribution in [1.82, 2.24) is 15.2 Å². The number of rotatable bonds is 5. The summed E-state index contributed by atoms with van der Waals surface area (Å²) in [6.45, 7) is 0.459. The number of aromatic nitrogens is 1. The van der Waals surface area contributed by atoms with E-state index in [9.17, 15) is 24.9 Å². The fourth-order valence-corrected chi connectivity index (χ4v) is 9.83. The molecule has 314 valence electrons. The number of phenolic OH excluding ortho intramolecular Hbond substituents is 1. The SMILES string of the molecule is CNCc1ccc2[nH]cc(C3C=Cc4c(OC)cc5cc(C6CCCC6)c6c(O)c5c4OC4OC(CO3)C(O)C(OC#CCc3cccc5c3CN(CC6=O)C5=O)C4O)c2c1. The van der Waals surface area contributed by atoms with Gasteiger partial charge in [0.1, 0.15) is 41.7 Å². The van der Waals surface area contributed by atoms with E-state index in [0.29, 0.717) is 34.4 Å². The first kappa shape index (κ1) is 39.3. The number of aliphatic hydroxyl groups excluding tert-OH is 2. The molecule has 0 spiro atoms. The van der Waals surface area contributed by atoms with Gasteiger partial charge < -0.3 is 54.2 Å². The van der Waals surface area contributed by atoms with E-state index in [-0.39, 0.29) is 60.4 Å². The van der Waals surface area contributed by atoms with Crippen LogP contribution < -0.4 is 14.8 Å². The molecule has 5 N–H and O–H groups in total. The number of fused-ring (bicyclic) bond motifs is 5. The molecule has 8 bridgehead atoms. The highest BCUT2D eigenvalue weighted by atomic mass is 16.7. The molecule has 6 atom stereocenters. The van der Waals surface area contributed by atoms with Crippen LogP contribution in [0, 0.1) is 12.0 Å². The minimum absolute atomic E-state index is 0.000775. The van der Waals surface area contributed by atoms with Gasteiger partial charge in [-0.3, -0.25) is 9.59 Å². The standard InChI is InChI=1S/C48H47N3O10/c1-49-20-25-12-14-35-32(17-25)33(21-50-35)37-15-13-30-38(57-2)19-28-18-31(26-7-3-4-8-26)41-36(52)23-51-22-34-27(9-5-11-29(34)47(51)56)10-6-16-58-46-42(53)39(24-59-37)60-48(44(46)55)61-45(30)40(28)43(41)54/h5,9,11-15,17-19,21,26,37,39,42,44,46,48-50,53-55H,3-4,7-8,10,20,22-24H2,1-2H3. The molecule has 61 heavy (non-hydrogen) atoms. The molecule has 6 unspecified atom stereocenters. The van der Waals surface area contributed by atoms with Crippen molar-refractivity contribution < 1.29 is 48.6 Å². The van der Waals surface area contributed by atoms with E-state index in [1.807, 2.05) is 43.6 Å². The van der Waals surface area contributed by atoms with Gasteiger partial charge in [0, 0.05) is 47.7 Å². The highest BCUT2D eigenvalue weighted by Gasteiger charge is 2.48. The van der Waals surface area contributed by atoms with Crippen LogP contribution in [0.4, 0.5) is 0 Å². The maximum atomic E-state index is 14.8. The Morgan fingerprint density at radius 1 is 1.03 bits per heavy atom. The smallest absolute Gasteiger partial charge is 0.254 e. The summed E-state index contributed by atoms with van der Waals surface area (Å²) in [5.41, 5.74) is 6.04. The van der Waals surface area contributed by atoms with Crippen LogP contribution in [0.1, 0.15) is 91.8 Å². The van der Waals surface area contributed by atoms with E-state index in [2.05, 4.69) is 28.4 Å². The van der Waals surface area contributed by atoms with E-state index in [4.69, 9.17) is 23.7 Å². The third kappa shape index (κ3) is 6.79. The summed E-state index contributed by atoms with van der Waals surface area (Å²) in [5, 5.41) is 41.3. The van der Waals surface area contributed by atoms with Gasteiger partial charge in [0.05, 0.1) is 36.8 Å². The Labute approximate surface area is 352 Å². The fourth-order valence-electron chi connectivity index (χ4n) is 9.83. The van der Waals surface area contributed by atoms with E-state index in [0.717, 1.165) is 58.8 Å². The highest BCUT2D eigenvalue weighted by molar-refractivity contribution is 6.11. The van der Waals surface area contributed by atoms with Crippen molar-refractivity contribution in [3.8, 4) is 29.3 Å². The number of Topliss-reactive ketones (excluding diaryl/α,β-unsaturated/α-hetero) is 1. The van der Waals surface area contributed by atoms with Gasteiger partial charge in [0.25, 0.3) is 5.91 Å². The van der Waals surface area contributed by atoms with E-state index in [1.54, 1.807) is 24.3 Å². The molecule has 10 rings (SSSR count). The van der Waals surface area contributed by atoms with E-state index >= 15 is 0 Å². The molecule has 0 radical (unpaired) electrons. The molecule has 2 fully saturated rings. The second-order valence-corrected chi connectivity index (χ2v) is 16.6. The number of aromatic amines is 1. The minimum atomic E-state index is -1.58. The number of benzene rings is 4. The lowest BCUT2D eigenvalue weighted by atomic mass is 9.86. The molecule has 4 aliphatic heterocycles. The van der Waals surface area contributed by atoms with Crippen molar-refractivity contribution in [3.05, 3.63) is 105 Å². The number of phenols is 1. The van der Waals surface area contributed by atoms with Gasteiger partial charge in [-0.15, -0.1) is 0 Å². The molecule has 1 saturated heterocycles. The third-order valence-electron chi connectivity index (χ3n) is 12.9. The highest BCUT2D eigenvalue weighted by Crippen LogP contribution is 2.49. The van der Waals surface area contributed by atoms with Crippen LogP contribution in [0.5, 0.6) is 17.2 Å². The number of carbonyl (C=O) groups excluding carboxylic acids is 2. The van der Waals surface area contributed by atoms with Crippen molar-refractivity contribution in [3.63, 3.8) is 0 Å². The zero-order valence-electron chi connectivity index (χ0n) is 33.9. The van der Waals surface area contributed by atoms with Crippen LogP contribution in [-0.4, -0.2) is 94.9 Å². The summed E-state index contributed by atoms with van der Waals surface area (Å²) in [7, 11) is 3.43. The number of ether oxygens (including phenoxy) is 5. The van der Waals surface area contributed by atoms with E-state index < -0.39 is 42.6 Å². The van der Waals surface area contributed by atoms with Crippen molar-refractivity contribution in [2.75, 3.05) is 27.3 Å². The monoisotopic (exact) mass is 825 g/mol. The lowest BCUT2D eigenvalue weighted by Gasteiger charge is -2.41. The molecule has 13 heteroatoms. The maximum Gasteiger partial charge on any atom is 0.254 e. The summed E-state index contributed by atoms with van der Waals surface area (Å²) in [4.78, 5) is 33.5. The molecule has 5 heterocycles. The number of aromatic hydroxyl groups is 1. The molecule has 1 aliphatic carbocycles. The predicted octanol–water partition coefficient (Wildman–Crippen LogP) is 5.76. The molecule has 5 aromatic rings. The number of carbonyl (C=O) groups is 2. The van der Waals surface area contributed by atoms with Crippen molar-refractivity contribution in [2.45, 2.75) is 87.9 Å². The maximum absolute atomic E-state index is 14.8. The number of aliphatic hydroxyl groups is 2. The van der Waals surface area contributed by atoms with Crippen LogP contribution in [0.15, 0.2) is 60.8 Å². The van der Waals surface area contributed by atoms with Gasteiger partial charge in [-0.1, -0.05) is 43.0 Å². The fraction of sp³-hybridized carbons (Fsp3) is 0.375. The Bertz CT molecular complexity index is 2670. The summed E-state index contributed by atoms with van der Waals surface area (Å²) in [6.07, 6.45) is 4.48. The summed E-state index contributed by atoms with van der Waals surface area (Å²) in [5.74, 6) is 2.48. The normalized spacial score (nSPS) is 25.1. The zero-order chi connectivity index (χ0) is 41.9. The van der Waals surface area contributed by atoms with Crippen molar-refractivity contribution in [2.24, 2.45) is 0 Å². The van der Waals surface area contributed by atoms with E-state index in [1.165, 1.54) is 12.0 Å².